The standard InChI is InChI=1S/C12H8F3NO2/c13-12(14,15)9-3-1-8(2-4-9)11-16-7-10(18-11)5-6-17/h1-4,6-7H,5H2. The Bertz CT molecular complexity index is 543. The lowest BCUT2D eigenvalue weighted by Gasteiger charge is -2.06. The highest BCUT2D eigenvalue weighted by Gasteiger charge is 2.30. The van der Waals surface area contributed by atoms with Gasteiger partial charge in [-0.05, 0) is 24.3 Å². The molecule has 0 saturated carbocycles. The number of halogens is 3. The van der Waals surface area contributed by atoms with Crippen molar-refractivity contribution in [1.82, 2.24) is 4.98 Å². The van der Waals surface area contributed by atoms with Gasteiger partial charge in [-0.2, -0.15) is 13.2 Å². The predicted octanol–water partition coefficient (Wildman–Crippen LogP) is 3.10. The molecular weight excluding hydrogens is 247 g/mol. The van der Waals surface area contributed by atoms with Crippen molar-refractivity contribution < 1.29 is 22.4 Å². The molecule has 0 radical (unpaired) electrons. The lowest BCUT2D eigenvalue weighted by molar-refractivity contribution is -0.137. The van der Waals surface area contributed by atoms with Crippen molar-refractivity contribution in [1.29, 1.82) is 0 Å². The molecule has 2 aromatic rings. The molecule has 0 saturated heterocycles. The van der Waals surface area contributed by atoms with Gasteiger partial charge >= 0.3 is 6.18 Å². The molecule has 0 unspecified atom stereocenters. The lowest BCUT2D eigenvalue weighted by atomic mass is 10.1. The Morgan fingerprint density at radius 1 is 1.22 bits per heavy atom. The van der Waals surface area contributed by atoms with Crippen LogP contribution in [0.4, 0.5) is 13.2 Å². The Balaban J connectivity index is 2.25. The van der Waals surface area contributed by atoms with Crippen LogP contribution in [-0.4, -0.2) is 11.3 Å². The minimum absolute atomic E-state index is 0.0909. The van der Waals surface area contributed by atoms with Gasteiger partial charge in [0.1, 0.15) is 12.0 Å². The van der Waals surface area contributed by atoms with E-state index in [1.54, 1.807) is 0 Å². The SMILES string of the molecule is O=CCc1cnc(-c2ccc(C(F)(F)F)cc2)o1. The number of nitrogens with zero attached hydrogens (tertiary/aromatic N) is 1. The minimum atomic E-state index is -4.36. The number of oxazole rings is 1. The molecule has 1 aromatic heterocycles. The lowest BCUT2D eigenvalue weighted by Crippen LogP contribution is -2.03. The second-order valence-corrected chi connectivity index (χ2v) is 3.58. The summed E-state index contributed by atoms with van der Waals surface area (Å²) >= 11 is 0. The van der Waals surface area contributed by atoms with Gasteiger partial charge in [-0.25, -0.2) is 4.98 Å². The van der Waals surface area contributed by atoms with Crippen molar-refractivity contribution in [2.45, 2.75) is 12.6 Å². The number of rotatable bonds is 3. The molecule has 0 spiro atoms. The number of benzene rings is 1. The van der Waals surface area contributed by atoms with E-state index in [4.69, 9.17) is 4.42 Å². The maximum atomic E-state index is 12.3. The third-order valence-corrected chi connectivity index (χ3v) is 2.30. The minimum Gasteiger partial charge on any atom is -0.441 e. The summed E-state index contributed by atoms with van der Waals surface area (Å²) in [5.74, 6) is 0.570. The van der Waals surface area contributed by atoms with Crippen molar-refractivity contribution >= 4 is 6.29 Å². The summed E-state index contributed by atoms with van der Waals surface area (Å²) in [6.07, 6.45) is -2.23. The van der Waals surface area contributed by atoms with E-state index in [1.807, 2.05) is 0 Å². The molecule has 6 heteroatoms. The zero-order valence-electron chi connectivity index (χ0n) is 9.07. The second kappa shape index (κ2) is 4.64. The fourth-order valence-electron chi connectivity index (χ4n) is 1.42. The third kappa shape index (κ3) is 2.58. The molecule has 0 atom stereocenters. The van der Waals surface area contributed by atoms with Crippen molar-refractivity contribution in [3.8, 4) is 11.5 Å². The number of aromatic nitrogens is 1. The highest BCUT2D eigenvalue weighted by molar-refractivity contribution is 5.56. The number of hydrogen-bond acceptors (Lipinski definition) is 3. The van der Waals surface area contributed by atoms with Gasteiger partial charge in [0, 0.05) is 5.56 Å². The molecule has 1 heterocycles. The largest absolute Gasteiger partial charge is 0.441 e. The molecule has 1 aromatic carbocycles. The van der Waals surface area contributed by atoms with Gasteiger partial charge in [-0.1, -0.05) is 0 Å². The van der Waals surface area contributed by atoms with Gasteiger partial charge in [0.05, 0.1) is 18.2 Å². The summed E-state index contributed by atoms with van der Waals surface area (Å²) in [6, 6.07) is 4.47. The van der Waals surface area contributed by atoms with Crippen LogP contribution in [0.1, 0.15) is 11.3 Å². The van der Waals surface area contributed by atoms with E-state index in [9.17, 15) is 18.0 Å². The Morgan fingerprint density at radius 2 is 1.89 bits per heavy atom. The van der Waals surface area contributed by atoms with Crippen molar-refractivity contribution in [3.05, 3.63) is 41.8 Å². The average Bonchev–Trinajstić information content (AvgIpc) is 2.77. The molecular formula is C12H8F3NO2. The van der Waals surface area contributed by atoms with E-state index < -0.39 is 11.7 Å². The Morgan fingerprint density at radius 3 is 2.44 bits per heavy atom. The van der Waals surface area contributed by atoms with E-state index in [-0.39, 0.29) is 12.3 Å². The highest BCUT2D eigenvalue weighted by Crippen LogP contribution is 2.30. The van der Waals surface area contributed by atoms with Crippen molar-refractivity contribution in [2.75, 3.05) is 0 Å². The summed E-state index contributed by atoms with van der Waals surface area (Å²) in [4.78, 5) is 14.2. The monoisotopic (exact) mass is 255 g/mol. The van der Waals surface area contributed by atoms with E-state index in [2.05, 4.69) is 4.98 Å². The summed E-state index contributed by atoms with van der Waals surface area (Å²) < 4.78 is 42.3. The fourth-order valence-corrected chi connectivity index (χ4v) is 1.42. The van der Waals surface area contributed by atoms with Crippen LogP contribution in [0, 0.1) is 0 Å². The fraction of sp³-hybridized carbons (Fsp3) is 0.167. The van der Waals surface area contributed by atoms with Crippen LogP contribution in [0.3, 0.4) is 0 Å². The highest BCUT2D eigenvalue weighted by atomic mass is 19.4. The summed E-state index contributed by atoms with van der Waals surface area (Å²) in [6.45, 7) is 0. The van der Waals surface area contributed by atoms with Crippen LogP contribution < -0.4 is 0 Å². The van der Waals surface area contributed by atoms with Gasteiger partial charge < -0.3 is 9.21 Å². The predicted molar refractivity (Wildman–Crippen MR) is 56.7 cm³/mol. The molecule has 94 valence electrons. The Kier molecular flexibility index (Phi) is 3.18. The number of hydrogen-bond donors (Lipinski definition) is 0. The Hall–Kier alpha value is -2.11. The first-order valence-corrected chi connectivity index (χ1v) is 5.06. The number of carbonyl (C=O) groups excluding carboxylic acids is 1. The second-order valence-electron chi connectivity index (χ2n) is 3.58. The number of aldehydes is 1. The van der Waals surface area contributed by atoms with Gasteiger partial charge in [0.25, 0.3) is 0 Å². The van der Waals surface area contributed by atoms with E-state index in [0.717, 1.165) is 12.1 Å². The van der Waals surface area contributed by atoms with Crippen LogP contribution in [-0.2, 0) is 17.4 Å². The molecule has 0 amide bonds. The molecule has 0 N–H and O–H groups in total. The van der Waals surface area contributed by atoms with Crippen LogP contribution in [0.5, 0.6) is 0 Å². The number of carbonyl (C=O) groups is 1. The summed E-state index contributed by atoms with van der Waals surface area (Å²) in [5, 5.41) is 0. The van der Waals surface area contributed by atoms with Crippen LogP contribution >= 0.6 is 0 Å². The maximum Gasteiger partial charge on any atom is 0.416 e. The summed E-state index contributed by atoms with van der Waals surface area (Å²) in [5.41, 5.74) is -0.300. The van der Waals surface area contributed by atoms with Gasteiger partial charge in [0.15, 0.2) is 0 Å². The topological polar surface area (TPSA) is 43.1 Å². The van der Waals surface area contributed by atoms with E-state index in [1.165, 1.54) is 18.3 Å². The van der Waals surface area contributed by atoms with Crippen LogP contribution in [0.25, 0.3) is 11.5 Å². The maximum absolute atomic E-state index is 12.3. The molecule has 0 aliphatic rings. The molecule has 0 aliphatic heterocycles. The molecule has 0 fully saturated rings. The van der Waals surface area contributed by atoms with Gasteiger partial charge in [-0.15, -0.1) is 0 Å². The number of alkyl halides is 3. The van der Waals surface area contributed by atoms with Crippen LogP contribution in [0.15, 0.2) is 34.9 Å². The smallest absolute Gasteiger partial charge is 0.416 e. The zero-order chi connectivity index (χ0) is 13.2. The zero-order valence-corrected chi connectivity index (χ0v) is 9.07. The third-order valence-electron chi connectivity index (χ3n) is 2.30. The van der Waals surface area contributed by atoms with Crippen molar-refractivity contribution in [2.24, 2.45) is 0 Å². The normalized spacial score (nSPS) is 11.5. The van der Waals surface area contributed by atoms with Crippen molar-refractivity contribution in [3.63, 3.8) is 0 Å². The summed E-state index contributed by atoms with van der Waals surface area (Å²) in [7, 11) is 0. The molecule has 0 bridgehead atoms. The molecule has 3 nitrogen and oxygen atoms in total. The van der Waals surface area contributed by atoms with Crippen LogP contribution in [0.2, 0.25) is 0 Å². The molecule has 18 heavy (non-hydrogen) atoms. The quantitative estimate of drug-likeness (QED) is 0.791. The first-order valence-electron chi connectivity index (χ1n) is 5.06. The molecule has 0 aliphatic carbocycles. The Labute approximate surface area is 100 Å². The van der Waals surface area contributed by atoms with Gasteiger partial charge in [-0.3, -0.25) is 0 Å². The first kappa shape index (κ1) is 12.3. The van der Waals surface area contributed by atoms with E-state index in [0.29, 0.717) is 17.6 Å². The average molecular weight is 255 g/mol. The first-order chi connectivity index (χ1) is 8.50. The van der Waals surface area contributed by atoms with E-state index >= 15 is 0 Å². The molecule has 2 rings (SSSR count). The van der Waals surface area contributed by atoms with Gasteiger partial charge in [0.2, 0.25) is 5.89 Å².